The quantitative estimate of drug-likeness (QED) is 0.909. The van der Waals surface area contributed by atoms with E-state index in [9.17, 15) is 4.39 Å². The monoisotopic (exact) mass is 267 g/mol. The number of methoxy groups -OCH3 is 1. The fourth-order valence-corrected chi connectivity index (χ4v) is 1.71. The summed E-state index contributed by atoms with van der Waals surface area (Å²) in [6.07, 6.45) is 0. The summed E-state index contributed by atoms with van der Waals surface area (Å²) in [4.78, 5) is 7.96. The summed E-state index contributed by atoms with van der Waals surface area (Å²) in [6.45, 7) is 1.53. The maximum Gasteiger partial charge on any atom is 0.186 e. The zero-order valence-electron chi connectivity index (χ0n) is 9.87. The summed E-state index contributed by atoms with van der Waals surface area (Å²) in [5, 5.41) is 0.530. The highest BCUT2D eigenvalue weighted by Crippen LogP contribution is 2.31. The van der Waals surface area contributed by atoms with E-state index in [-0.39, 0.29) is 11.5 Å². The van der Waals surface area contributed by atoms with Gasteiger partial charge >= 0.3 is 0 Å². The second kappa shape index (κ2) is 4.78. The van der Waals surface area contributed by atoms with Gasteiger partial charge in [-0.25, -0.2) is 14.4 Å². The number of aromatic nitrogens is 2. The molecule has 0 saturated heterocycles. The van der Waals surface area contributed by atoms with Gasteiger partial charge in [0.25, 0.3) is 0 Å². The molecule has 0 bridgehead atoms. The fraction of sp³-hybridized carbons (Fsp3) is 0.167. The van der Waals surface area contributed by atoms with Gasteiger partial charge in [-0.2, -0.15) is 0 Å². The van der Waals surface area contributed by atoms with Crippen molar-refractivity contribution in [2.45, 2.75) is 6.92 Å². The van der Waals surface area contributed by atoms with Crippen LogP contribution >= 0.6 is 11.6 Å². The molecule has 0 aliphatic rings. The van der Waals surface area contributed by atoms with Crippen LogP contribution in [0, 0.1) is 12.7 Å². The molecule has 0 radical (unpaired) electrons. The van der Waals surface area contributed by atoms with Crippen LogP contribution in [-0.2, 0) is 0 Å². The molecule has 0 amide bonds. The normalized spacial score (nSPS) is 10.4. The van der Waals surface area contributed by atoms with Crippen LogP contribution in [0.2, 0.25) is 5.02 Å². The summed E-state index contributed by atoms with van der Waals surface area (Å²) in [5.41, 5.74) is 6.28. The zero-order chi connectivity index (χ0) is 13.3. The lowest BCUT2D eigenvalue weighted by Gasteiger charge is -2.09. The number of aryl methyl sites for hydroxylation is 1. The van der Waals surface area contributed by atoms with Gasteiger partial charge in [-0.1, -0.05) is 11.6 Å². The fourth-order valence-electron chi connectivity index (χ4n) is 1.55. The van der Waals surface area contributed by atoms with Crippen molar-refractivity contribution in [2.75, 3.05) is 12.8 Å². The predicted molar refractivity (Wildman–Crippen MR) is 68.1 cm³/mol. The predicted octanol–water partition coefficient (Wildman–Crippen LogP) is 2.84. The van der Waals surface area contributed by atoms with Gasteiger partial charge in [0.15, 0.2) is 17.5 Å². The smallest absolute Gasteiger partial charge is 0.186 e. The van der Waals surface area contributed by atoms with Crippen molar-refractivity contribution in [1.82, 2.24) is 9.97 Å². The summed E-state index contributed by atoms with van der Waals surface area (Å²) < 4.78 is 18.6. The Labute approximate surface area is 109 Å². The van der Waals surface area contributed by atoms with E-state index < -0.39 is 5.82 Å². The highest BCUT2D eigenvalue weighted by atomic mass is 35.5. The van der Waals surface area contributed by atoms with Crippen molar-refractivity contribution >= 4 is 17.4 Å². The first kappa shape index (κ1) is 12.6. The largest absolute Gasteiger partial charge is 0.496 e. The topological polar surface area (TPSA) is 61.0 Å². The number of hydrogen-bond acceptors (Lipinski definition) is 4. The molecule has 18 heavy (non-hydrogen) atoms. The highest BCUT2D eigenvalue weighted by Gasteiger charge is 2.14. The summed E-state index contributed by atoms with van der Waals surface area (Å²) in [6, 6.07) is 5.01. The van der Waals surface area contributed by atoms with Crippen LogP contribution in [-0.4, -0.2) is 17.1 Å². The standard InChI is InChI=1S/C12H11ClFN3O/c1-6-10(14)11(15)17-12(16-6)8-4-3-7(13)5-9(8)18-2/h3-5H,1-2H3,(H2,15,16,17). The first-order valence-electron chi connectivity index (χ1n) is 5.16. The van der Waals surface area contributed by atoms with Crippen LogP contribution in [0.5, 0.6) is 5.75 Å². The molecule has 0 fully saturated rings. The number of ether oxygens (including phenoxy) is 1. The molecule has 0 aliphatic heterocycles. The van der Waals surface area contributed by atoms with Crippen molar-refractivity contribution in [3.05, 3.63) is 34.7 Å². The number of anilines is 1. The molecule has 2 rings (SSSR count). The van der Waals surface area contributed by atoms with Gasteiger partial charge in [-0.05, 0) is 25.1 Å². The third-order valence-corrected chi connectivity index (χ3v) is 2.68. The molecule has 6 heteroatoms. The minimum Gasteiger partial charge on any atom is -0.496 e. The molecule has 0 spiro atoms. The first-order valence-corrected chi connectivity index (χ1v) is 5.54. The molecule has 1 aromatic carbocycles. The van der Waals surface area contributed by atoms with E-state index in [1.807, 2.05) is 0 Å². The lowest BCUT2D eigenvalue weighted by atomic mass is 10.2. The van der Waals surface area contributed by atoms with Crippen LogP contribution in [0.4, 0.5) is 10.2 Å². The Balaban J connectivity index is 2.62. The molecule has 0 atom stereocenters. The SMILES string of the molecule is COc1cc(Cl)ccc1-c1nc(C)c(F)c(N)n1. The van der Waals surface area contributed by atoms with Crippen LogP contribution < -0.4 is 10.5 Å². The molecule has 94 valence electrons. The van der Waals surface area contributed by atoms with Gasteiger partial charge in [0.1, 0.15) is 5.75 Å². The van der Waals surface area contributed by atoms with Crippen molar-refractivity contribution in [2.24, 2.45) is 0 Å². The van der Waals surface area contributed by atoms with E-state index in [1.165, 1.54) is 14.0 Å². The maximum absolute atomic E-state index is 13.4. The van der Waals surface area contributed by atoms with Gasteiger partial charge in [-0.3, -0.25) is 0 Å². The minimum absolute atomic E-state index is 0.186. The van der Waals surface area contributed by atoms with E-state index in [0.29, 0.717) is 22.2 Å². The van der Waals surface area contributed by atoms with Crippen molar-refractivity contribution in [3.8, 4) is 17.1 Å². The Bertz CT molecular complexity index is 581. The molecule has 1 heterocycles. The van der Waals surface area contributed by atoms with E-state index in [4.69, 9.17) is 22.1 Å². The zero-order valence-corrected chi connectivity index (χ0v) is 10.6. The Morgan fingerprint density at radius 1 is 1.33 bits per heavy atom. The Morgan fingerprint density at radius 2 is 2.06 bits per heavy atom. The molecule has 1 aromatic heterocycles. The van der Waals surface area contributed by atoms with Gasteiger partial charge in [0, 0.05) is 5.02 Å². The number of nitrogen functional groups attached to an aromatic ring is 1. The number of benzene rings is 1. The number of rotatable bonds is 2. The van der Waals surface area contributed by atoms with Crippen molar-refractivity contribution < 1.29 is 9.13 Å². The van der Waals surface area contributed by atoms with Crippen molar-refractivity contribution in [3.63, 3.8) is 0 Å². The number of hydrogen-bond donors (Lipinski definition) is 1. The third kappa shape index (κ3) is 2.22. The van der Waals surface area contributed by atoms with Crippen LogP contribution in [0.3, 0.4) is 0 Å². The van der Waals surface area contributed by atoms with Gasteiger partial charge < -0.3 is 10.5 Å². The lowest BCUT2D eigenvalue weighted by molar-refractivity contribution is 0.416. The summed E-state index contributed by atoms with van der Waals surface area (Å²) in [7, 11) is 1.51. The summed E-state index contributed by atoms with van der Waals surface area (Å²) >= 11 is 5.87. The van der Waals surface area contributed by atoms with Crippen LogP contribution in [0.15, 0.2) is 18.2 Å². The average molecular weight is 268 g/mol. The van der Waals surface area contributed by atoms with E-state index >= 15 is 0 Å². The maximum atomic E-state index is 13.4. The molecule has 2 aromatic rings. The van der Waals surface area contributed by atoms with Crippen LogP contribution in [0.25, 0.3) is 11.4 Å². The van der Waals surface area contributed by atoms with E-state index in [0.717, 1.165) is 0 Å². The molecular weight excluding hydrogens is 257 g/mol. The molecule has 4 nitrogen and oxygen atoms in total. The Hall–Kier alpha value is -1.88. The Kier molecular flexibility index (Phi) is 3.34. The molecular formula is C12H11ClFN3O. The van der Waals surface area contributed by atoms with E-state index in [2.05, 4.69) is 9.97 Å². The second-order valence-electron chi connectivity index (χ2n) is 3.68. The number of nitrogens with zero attached hydrogens (tertiary/aromatic N) is 2. The van der Waals surface area contributed by atoms with Crippen LogP contribution in [0.1, 0.15) is 5.69 Å². The van der Waals surface area contributed by atoms with Gasteiger partial charge in [0.2, 0.25) is 0 Å². The molecule has 0 saturated carbocycles. The van der Waals surface area contributed by atoms with E-state index in [1.54, 1.807) is 18.2 Å². The molecule has 0 unspecified atom stereocenters. The van der Waals surface area contributed by atoms with Crippen molar-refractivity contribution in [1.29, 1.82) is 0 Å². The summed E-state index contributed by atoms with van der Waals surface area (Å²) in [5.74, 6) is 0.0222. The number of halogens is 2. The third-order valence-electron chi connectivity index (χ3n) is 2.45. The van der Waals surface area contributed by atoms with Gasteiger partial charge in [0.05, 0.1) is 18.4 Å². The lowest BCUT2D eigenvalue weighted by Crippen LogP contribution is -2.03. The second-order valence-corrected chi connectivity index (χ2v) is 4.11. The number of nitrogens with two attached hydrogens (primary N) is 1. The first-order chi connectivity index (χ1) is 8.52. The van der Waals surface area contributed by atoms with Gasteiger partial charge in [-0.15, -0.1) is 0 Å². The Morgan fingerprint density at radius 3 is 2.67 bits per heavy atom. The minimum atomic E-state index is -0.605. The highest BCUT2D eigenvalue weighted by molar-refractivity contribution is 6.30. The molecule has 2 N–H and O–H groups in total. The average Bonchev–Trinajstić information content (AvgIpc) is 2.35. The molecule has 0 aliphatic carbocycles.